The molecule has 3 heteroatoms. The molecule has 0 aliphatic carbocycles. The van der Waals surface area contributed by atoms with Crippen LogP contribution in [0.15, 0.2) is 0 Å². The normalized spacial score (nSPS) is 18.2. The maximum atomic E-state index is 11.6. The van der Waals surface area contributed by atoms with Crippen molar-refractivity contribution in [1.29, 1.82) is 0 Å². The van der Waals surface area contributed by atoms with Crippen LogP contribution in [0, 0.1) is 0 Å². The second kappa shape index (κ2) is 3.78. The highest BCUT2D eigenvalue weighted by atomic mass is 16.2. The van der Waals surface area contributed by atoms with Gasteiger partial charge < -0.3 is 9.80 Å². The third-order valence-corrected chi connectivity index (χ3v) is 2.24. The van der Waals surface area contributed by atoms with Crippen LogP contribution in [-0.2, 0) is 0 Å². The Bertz CT molecular complexity index is 168. The number of hydrogen-bond donors (Lipinski definition) is 0. The standard InChI is InChI=1S/C9H18N2O/c1-4-5-10-6-7-11(8(2)3)9(10)12/h8H,4-7H2,1-3H3. The Morgan fingerprint density at radius 1 is 1.42 bits per heavy atom. The summed E-state index contributed by atoms with van der Waals surface area (Å²) in [6.07, 6.45) is 1.05. The summed E-state index contributed by atoms with van der Waals surface area (Å²) in [6, 6.07) is 0.561. The van der Waals surface area contributed by atoms with Crippen molar-refractivity contribution in [3.8, 4) is 0 Å². The van der Waals surface area contributed by atoms with Gasteiger partial charge in [0.05, 0.1) is 0 Å². The highest BCUT2D eigenvalue weighted by molar-refractivity contribution is 5.76. The van der Waals surface area contributed by atoms with E-state index in [1.54, 1.807) is 0 Å². The molecule has 3 nitrogen and oxygen atoms in total. The summed E-state index contributed by atoms with van der Waals surface area (Å²) < 4.78 is 0. The molecule has 1 aliphatic heterocycles. The lowest BCUT2D eigenvalue weighted by Crippen LogP contribution is -2.36. The summed E-state index contributed by atoms with van der Waals surface area (Å²) in [7, 11) is 0. The van der Waals surface area contributed by atoms with E-state index in [0.29, 0.717) is 6.04 Å². The molecule has 2 amide bonds. The largest absolute Gasteiger partial charge is 0.323 e. The zero-order valence-corrected chi connectivity index (χ0v) is 8.21. The van der Waals surface area contributed by atoms with E-state index in [-0.39, 0.29) is 6.03 Å². The van der Waals surface area contributed by atoms with Crippen LogP contribution in [0.3, 0.4) is 0 Å². The van der Waals surface area contributed by atoms with E-state index in [2.05, 4.69) is 20.8 Å². The molecule has 0 radical (unpaired) electrons. The second-order valence-corrected chi connectivity index (χ2v) is 3.56. The molecule has 0 unspecified atom stereocenters. The fourth-order valence-corrected chi connectivity index (χ4v) is 1.56. The van der Waals surface area contributed by atoms with Crippen LogP contribution in [0.2, 0.25) is 0 Å². The minimum absolute atomic E-state index is 0.215. The molecule has 0 saturated carbocycles. The first kappa shape index (κ1) is 9.36. The highest BCUT2D eigenvalue weighted by Gasteiger charge is 2.28. The summed E-state index contributed by atoms with van der Waals surface area (Å²) in [5, 5.41) is 0. The molecule has 0 N–H and O–H groups in total. The zero-order valence-electron chi connectivity index (χ0n) is 8.21. The molecule has 12 heavy (non-hydrogen) atoms. The number of carbonyl (C=O) groups is 1. The Labute approximate surface area is 74.3 Å². The second-order valence-electron chi connectivity index (χ2n) is 3.56. The van der Waals surface area contributed by atoms with Gasteiger partial charge in [-0.05, 0) is 20.3 Å². The molecular weight excluding hydrogens is 152 g/mol. The average Bonchev–Trinajstić information content (AvgIpc) is 2.34. The predicted molar refractivity (Wildman–Crippen MR) is 49.1 cm³/mol. The topological polar surface area (TPSA) is 23.6 Å². The van der Waals surface area contributed by atoms with Crippen LogP contribution in [0.1, 0.15) is 27.2 Å². The lowest BCUT2D eigenvalue weighted by Gasteiger charge is -2.21. The predicted octanol–water partition coefficient (Wildman–Crippen LogP) is 1.54. The van der Waals surface area contributed by atoms with E-state index >= 15 is 0 Å². The van der Waals surface area contributed by atoms with Gasteiger partial charge >= 0.3 is 6.03 Å². The summed E-state index contributed by atoms with van der Waals surface area (Å²) >= 11 is 0. The van der Waals surface area contributed by atoms with Gasteiger partial charge in [0.1, 0.15) is 0 Å². The monoisotopic (exact) mass is 170 g/mol. The lowest BCUT2D eigenvalue weighted by atomic mass is 10.3. The van der Waals surface area contributed by atoms with Crippen LogP contribution in [0.4, 0.5) is 4.79 Å². The fourth-order valence-electron chi connectivity index (χ4n) is 1.56. The van der Waals surface area contributed by atoms with Gasteiger partial charge in [-0.1, -0.05) is 6.92 Å². The summed E-state index contributed by atoms with van der Waals surface area (Å²) in [4.78, 5) is 15.4. The number of carbonyl (C=O) groups excluding carboxylic acids is 1. The quantitative estimate of drug-likeness (QED) is 0.630. The van der Waals surface area contributed by atoms with E-state index in [9.17, 15) is 4.79 Å². The first-order chi connectivity index (χ1) is 5.66. The van der Waals surface area contributed by atoms with E-state index < -0.39 is 0 Å². The van der Waals surface area contributed by atoms with Crippen molar-refractivity contribution in [2.75, 3.05) is 19.6 Å². The van der Waals surface area contributed by atoms with E-state index in [1.165, 1.54) is 0 Å². The molecule has 0 atom stereocenters. The molecule has 1 fully saturated rings. The van der Waals surface area contributed by atoms with Crippen LogP contribution >= 0.6 is 0 Å². The van der Waals surface area contributed by atoms with Gasteiger partial charge in [0.2, 0.25) is 0 Å². The van der Waals surface area contributed by atoms with Crippen molar-refractivity contribution in [2.45, 2.75) is 33.2 Å². The van der Waals surface area contributed by atoms with E-state index in [4.69, 9.17) is 0 Å². The van der Waals surface area contributed by atoms with Crippen molar-refractivity contribution >= 4 is 6.03 Å². The smallest absolute Gasteiger partial charge is 0.320 e. The fraction of sp³-hybridized carbons (Fsp3) is 0.889. The first-order valence-corrected chi connectivity index (χ1v) is 4.72. The van der Waals surface area contributed by atoms with Gasteiger partial charge in [0.15, 0.2) is 0 Å². The molecule has 0 aromatic carbocycles. The Morgan fingerprint density at radius 2 is 2.08 bits per heavy atom. The number of hydrogen-bond acceptors (Lipinski definition) is 1. The average molecular weight is 170 g/mol. The minimum atomic E-state index is 0.215. The third-order valence-electron chi connectivity index (χ3n) is 2.24. The number of amides is 2. The first-order valence-electron chi connectivity index (χ1n) is 4.72. The maximum Gasteiger partial charge on any atom is 0.320 e. The Hall–Kier alpha value is -0.730. The van der Waals surface area contributed by atoms with Crippen molar-refractivity contribution in [1.82, 2.24) is 9.80 Å². The summed E-state index contributed by atoms with van der Waals surface area (Å²) in [5.74, 6) is 0. The van der Waals surface area contributed by atoms with Gasteiger partial charge in [-0.2, -0.15) is 0 Å². The van der Waals surface area contributed by atoms with Crippen molar-refractivity contribution in [3.05, 3.63) is 0 Å². The number of nitrogens with zero attached hydrogens (tertiary/aromatic N) is 2. The molecule has 70 valence electrons. The molecular formula is C9H18N2O. The van der Waals surface area contributed by atoms with Crippen LogP contribution < -0.4 is 0 Å². The summed E-state index contributed by atoms with van der Waals surface area (Å²) in [5.41, 5.74) is 0. The summed E-state index contributed by atoms with van der Waals surface area (Å²) in [6.45, 7) is 8.94. The van der Waals surface area contributed by atoms with E-state index in [0.717, 1.165) is 26.1 Å². The van der Waals surface area contributed by atoms with Crippen molar-refractivity contribution in [2.24, 2.45) is 0 Å². The van der Waals surface area contributed by atoms with Gasteiger partial charge in [-0.3, -0.25) is 0 Å². The molecule has 1 heterocycles. The lowest BCUT2D eigenvalue weighted by molar-refractivity contribution is 0.183. The molecule has 1 rings (SSSR count). The Morgan fingerprint density at radius 3 is 2.50 bits per heavy atom. The maximum absolute atomic E-state index is 11.6. The SMILES string of the molecule is CCCN1CCN(C(C)C)C1=O. The van der Waals surface area contributed by atoms with Crippen LogP contribution in [0.5, 0.6) is 0 Å². The third kappa shape index (κ3) is 1.71. The minimum Gasteiger partial charge on any atom is -0.323 e. The highest BCUT2D eigenvalue weighted by Crippen LogP contribution is 2.11. The zero-order chi connectivity index (χ0) is 9.14. The van der Waals surface area contributed by atoms with Crippen molar-refractivity contribution < 1.29 is 4.79 Å². The van der Waals surface area contributed by atoms with Crippen LogP contribution in [-0.4, -0.2) is 41.5 Å². The van der Waals surface area contributed by atoms with Gasteiger partial charge in [0, 0.05) is 25.7 Å². The molecule has 0 spiro atoms. The molecule has 1 aliphatic rings. The van der Waals surface area contributed by atoms with Gasteiger partial charge in [-0.15, -0.1) is 0 Å². The molecule has 0 bridgehead atoms. The van der Waals surface area contributed by atoms with Gasteiger partial charge in [-0.25, -0.2) is 4.79 Å². The number of urea groups is 1. The van der Waals surface area contributed by atoms with E-state index in [1.807, 2.05) is 9.80 Å². The van der Waals surface area contributed by atoms with Crippen LogP contribution in [0.25, 0.3) is 0 Å². The van der Waals surface area contributed by atoms with Crippen molar-refractivity contribution in [3.63, 3.8) is 0 Å². The number of rotatable bonds is 3. The molecule has 0 aromatic heterocycles. The Kier molecular flexibility index (Phi) is 2.95. The van der Waals surface area contributed by atoms with Gasteiger partial charge in [0.25, 0.3) is 0 Å². The molecule has 0 aromatic rings. The molecule has 1 saturated heterocycles. The Balaban J connectivity index is 2.49.